The molecule has 184 valence electrons. The van der Waals surface area contributed by atoms with Crippen LogP contribution in [0.25, 0.3) is 0 Å². The van der Waals surface area contributed by atoms with Crippen LogP contribution in [0.4, 0.5) is 4.79 Å². The molecule has 0 saturated heterocycles. The Hall–Kier alpha value is -3.76. The first-order valence-electron chi connectivity index (χ1n) is 10.2. The number of ether oxygens (including phenoxy) is 3. The summed E-state index contributed by atoms with van der Waals surface area (Å²) >= 11 is 12.1. The molecule has 2 aromatic rings. The highest BCUT2D eigenvalue weighted by Gasteiger charge is 2.32. The van der Waals surface area contributed by atoms with E-state index in [2.05, 4.69) is 21.2 Å². The second kappa shape index (κ2) is 11.6. The third kappa shape index (κ3) is 6.23. The Morgan fingerprint density at radius 2 is 1.86 bits per heavy atom. The monoisotopic (exact) mass is 520 g/mol. The zero-order valence-electron chi connectivity index (χ0n) is 19.0. The lowest BCUT2D eigenvalue weighted by molar-refractivity contribution is -0.136. The van der Waals surface area contributed by atoms with Crippen LogP contribution in [0.5, 0.6) is 11.5 Å². The quantitative estimate of drug-likeness (QED) is 0.278. The maximum absolute atomic E-state index is 12.3. The maximum Gasteiger partial charge on any atom is 0.337 e. The summed E-state index contributed by atoms with van der Waals surface area (Å²) in [6, 6.07) is 8.55. The van der Waals surface area contributed by atoms with Crippen molar-refractivity contribution in [2.24, 2.45) is 5.10 Å². The number of hydrogen-bond acceptors (Lipinski definition) is 7. The molecule has 1 heterocycles. The largest absolute Gasteiger partial charge is 0.493 e. The van der Waals surface area contributed by atoms with Gasteiger partial charge in [0.25, 0.3) is 5.91 Å². The third-order valence-corrected chi connectivity index (χ3v) is 5.60. The van der Waals surface area contributed by atoms with Crippen molar-refractivity contribution in [1.29, 1.82) is 0 Å². The number of nitrogens with zero attached hydrogens (tertiary/aromatic N) is 1. The summed E-state index contributed by atoms with van der Waals surface area (Å²) in [5, 5.41) is 9.86. The van der Waals surface area contributed by atoms with Crippen molar-refractivity contribution in [3.63, 3.8) is 0 Å². The maximum atomic E-state index is 12.3. The van der Waals surface area contributed by atoms with E-state index in [1.54, 1.807) is 43.3 Å². The highest BCUT2D eigenvalue weighted by atomic mass is 35.5. The standard InChI is InChI=1S/C23H22Cl2N4O6/c1-12-20(22(31)34-3)21(28-23(32)27-12)13-7-8-17(18(9-13)33-2)35-11-19(30)29-26-10-14-15(24)5-4-6-16(14)25/h4-10,21H,11H2,1-3H3,(H,29,30)(H2,27,28,32)/b26-10-/t21-/m1/s1. The number of halogens is 2. The number of allylic oxidation sites excluding steroid dienone is 1. The van der Waals surface area contributed by atoms with E-state index in [1.165, 1.54) is 20.4 Å². The lowest BCUT2D eigenvalue weighted by atomic mass is 9.95. The number of carbonyl (C=O) groups is 3. The van der Waals surface area contributed by atoms with Gasteiger partial charge in [0, 0.05) is 11.3 Å². The van der Waals surface area contributed by atoms with Crippen LogP contribution in [0.2, 0.25) is 10.0 Å². The van der Waals surface area contributed by atoms with Gasteiger partial charge < -0.3 is 24.8 Å². The number of benzene rings is 2. The number of urea groups is 1. The molecule has 0 saturated carbocycles. The fourth-order valence-corrected chi connectivity index (χ4v) is 3.78. The number of nitrogens with one attached hydrogen (secondary N) is 3. The van der Waals surface area contributed by atoms with Gasteiger partial charge >= 0.3 is 12.0 Å². The normalized spacial score (nSPS) is 15.3. The van der Waals surface area contributed by atoms with Crippen LogP contribution >= 0.6 is 23.2 Å². The highest BCUT2D eigenvalue weighted by molar-refractivity contribution is 6.38. The number of amides is 3. The second-order valence-electron chi connectivity index (χ2n) is 7.19. The Bertz CT molecular complexity index is 1190. The Labute approximate surface area is 211 Å². The van der Waals surface area contributed by atoms with Crippen molar-refractivity contribution in [1.82, 2.24) is 16.1 Å². The van der Waals surface area contributed by atoms with E-state index in [-0.39, 0.29) is 23.7 Å². The van der Waals surface area contributed by atoms with Gasteiger partial charge in [-0.15, -0.1) is 0 Å². The van der Waals surface area contributed by atoms with Crippen molar-refractivity contribution in [3.8, 4) is 11.5 Å². The van der Waals surface area contributed by atoms with E-state index in [0.717, 1.165) is 0 Å². The van der Waals surface area contributed by atoms with Crippen LogP contribution in [0.3, 0.4) is 0 Å². The van der Waals surface area contributed by atoms with Crippen LogP contribution in [0, 0.1) is 0 Å². The van der Waals surface area contributed by atoms with Gasteiger partial charge in [-0.2, -0.15) is 5.10 Å². The first-order chi connectivity index (χ1) is 16.7. The summed E-state index contributed by atoms with van der Waals surface area (Å²) in [6.45, 7) is 1.24. The molecule has 0 aromatic heterocycles. The van der Waals surface area contributed by atoms with E-state index in [1.807, 2.05) is 0 Å². The van der Waals surface area contributed by atoms with E-state index in [4.69, 9.17) is 37.4 Å². The molecule has 3 rings (SSSR count). The minimum Gasteiger partial charge on any atom is -0.493 e. The minimum absolute atomic E-state index is 0.249. The first kappa shape index (κ1) is 25.9. The molecule has 0 fully saturated rings. The van der Waals surface area contributed by atoms with E-state index >= 15 is 0 Å². The summed E-state index contributed by atoms with van der Waals surface area (Å²) in [4.78, 5) is 36.4. The zero-order valence-corrected chi connectivity index (χ0v) is 20.5. The molecule has 12 heteroatoms. The molecular formula is C23H22Cl2N4O6. The fourth-order valence-electron chi connectivity index (χ4n) is 3.29. The molecule has 35 heavy (non-hydrogen) atoms. The highest BCUT2D eigenvalue weighted by Crippen LogP contribution is 2.34. The van der Waals surface area contributed by atoms with Gasteiger partial charge in [0.15, 0.2) is 18.1 Å². The van der Waals surface area contributed by atoms with Gasteiger partial charge in [-0.05, 0) is 36.8 Å². The van der Waals surface area contributed by atoms with Crippen molar-refractivity contribution in [2.75, 3.05) is 20.8 Å². The molecule has 10 nitrogen and oxygen atoms in total. The molecule has 1 atom stereocenters. The molecule has 1 aliphatic heterocycles. The number of hydrazone groups is 1. The Morgan fingerprint density at radius 3 is 2.51 bits per heavy atom. The minimum atomic E-state index is -0.770. The Kier molecular flexibility index (Phi) is 8.56. The molecule has 0 aliphatic carbocycles. The molecule has 0 unspecified atom stereocenters. The predicted octanol–water partition coefficient (Wildman–Crippen LogP) is 3.33. The SMILES string of the molecule is COC(=O)C1=C(C)NC(=O)N[C@@H]1c1ccc(OCC(=O)N/N=C\c2c(Cl)cccc2Cl)c(OC)c1. The summed E-state index contributed by atoms with van der Waals surface area (Å²) < 4.78 is 15.8. The van der Waals surface area contributed by atoms with Crippen molar-refractivity contribution in [3.05, 3.63) is 68.8 Å². The zero-order chi connectivity index (χ0) is 25.5. The number of rotatable bonds is 8. The second-order valence-corrected chi connectivity index (χ2v) is 8.00. The Balaban J connectivity index is 1.70. The summed E-state index contributed by atoms with van der Waals surface area (Å²) in [7, 11) is 2.68. The third-order valence-electron chi connectivity index (χ3n) is 4.94. The fraction of sp³-hybridized carbons (Fsp3) is 0.217. The number of carbonyl (C=O) groups excluding carboxylic acids is 3. The summed E-state index contributed by atoms with van der Waals surface area (Å²) in [5.41, 5.74) is 3.97. The lowest BCUT2D eigenvalue weighted by Crippen LogP contribution is -2.45. The molecule has 0 bridgehead atoms. The smallest absolute Gasteiger partial charge is 0.337 e. The van der Waals surface area contributed by atoms with Gasteiger partial charge in [0.05, 0.1) is 42.1 Å². The first-order valence-corrected chi connectivity index (χ1v) is 10.9. The van der Waals surface area contributed by atoms with Crippen molar-refractivity contribution in [2.45, 2.75) is 13.0 Å². The number of methoxy groups -OCH3 is 2. The average Bonchev–Trinajstić information content (AvgIpc) is 2.83. The van der Waals surface area contributed by atoms with Gasteiger partial charge in [0.1, 0.15) is 0 Å². The van der Waals surface area contributed by atoms with Crippen LogP contribution in [-0.2, 0) is 14.3 Å². The van der Waals surface area contributed by atoms with E-state index in [0.29, 0.717) is 26.9 Å². The lowest BCUT2D eigenvalue weighted by Gasteiger charge is -2.28. The van der Waals surface area contributed by atoms with Crippen LogP contribution in [0.1, 0.15) is 24.1 Å². The topological polar surface area (TPSA) is 127 Å². The molecule has 2 aromatic carbocycles. The average molecular weight is 521 g/mol. The molecule has 3 N–H and O–H groups in total. The van der Waals surface area contributed by atoms with Gasteiger partial charge in [-0.3, -0.25) is 4.79 Å². The van der Waals surface area contributed by atoms with Crippen molar-refractivity contribution < 1.29 is 28.6 Å². The summed E-state index contributed by atoms with van der Waals surface area (Å²) in [6.07, 6.45) is 1.33. The van der Waals surface area contributed by atoms with Gasteiger partial charge in [0.2, 0.25) is 0 Å². The summed E-state index contributed by atoms with van der Waals surface area (Å²) in [5.74, 6) is -0.566. The number of hydrogen-bond donors (Lipinski definition) is 3. The van der Waals surface area contributed by atoms with E-state index in [9.17, 15) is 14.4 Å². The predicted molar refractivity (Wildman–Crippen MR) is 130 cm³/mol. The molecule has 0 spiro atoms. The van der Waals surface area contributed by atoms with Crippen LogP contribution < -0.4 is 25.5 Å². The van der Waals surface area contributed by atoms with Crippen LogP contribution in [0.15, 0.2) is 52.8 Å². The van der Waals surface area contributed by atoms with Crippen LogP contribution in [-0.4, -0.2) is 44.9 Å². The van der Waals surface area contributed by atoms with Gasteiger partial charge in [-0.25, -0.2) is 15.0 Å². The number of esters is 1. The molecule has 0 radical (unpaired) electrons. The molecule has 1 aliphatic rings. The molecular weight excluding hydrogens is 499 g/mol. The van der Waals surface area contributed by atoms with Gasteiger partial charge in [-0.1, -0.05) is 35.3 Å². The van der Waals surface area contributed by atoms with Crippen molar-refractivity contribution >= 4 is 47.3 Å². The Morgan fingerprint density at radius 1 is 1.14 bits per heavy atom. The molecule has 3 amide bonds. The van der Waals surface area contributed by atoms with E-state index < -0.39 is 23.9 Å².